The zero-order valence-corrected chi connectivity index (χ0v) is 33.6. The number of para-hydroxylation sites is 2. The lowest BCUT2D eigenvalue weighted by Crippen LogP contribution is -2.12. The predicted octanol–water partition coefficient (Wildman–Crippen LogP) is 16.9. The van der Waals surface area contributed by atoms with Gasteiger partial charge in [0.1, 0.15) is 11.2 Å². The van der Waals surface area contributed by atoms with Crippen LogP contribution in [0.3, 0.4) is 0 Å². The molecular weight excluding hydrogens is 727 g/mol. The molecule has 11 rings (SSSR count). The molecule has 0 atom stereocenters. The lowest BCUT2D eigenvalue weighted by molar-refractivity contribution is 0.445. The van der Waals surface area contributed by atoms with E-state index in [-0.39, 0.29) is 0 Å². The summed E-state index contributed by atoms with van der Waals surface area (Å²) in [7, 11) is 0. The molecule has 1 saturated carbocycles. The number of benzene rings is 9. The fourth-order valence-corrected chi connectivity index (χ4v) is 9.85. The summed E-state index contributed by atoms with van der Waals surface area (Å²) in [6.07, 6.45) is 6.45. The maximum Gasteiger partial charge on any atom is 0.137 e. The summed E-state index contributed by atoms with van der Waals surface area (Å²) in [6, 6.07) is 75.2. The van der Waals surface area contributed by atoms with Crippen LogP contribution in [-0.4, -0.2) is 0 Å². The number of rotatable bonds is 8. The molecule has 1 aliphatic rings. The Morgan fingerprint density at radius 3 is 1.80 bits per heavy atom. The molecule has 0 unspecified atom stereocenters. The van der Waals surface area contributed by atoms with Crippen LogP contribution < -0.4 is 4.90 Å². The molecule has 2 nitrogen and oxygen atoms in total. The van der Waals surface area contributed by atoms with Crippen molar-refractivity contribution in [1.29, 1.82) is 0 Å². The molecule has 288 valence electrons. The minimum absolute atomic E-state index is 0.578. The van der Waals surface area contributed by atoms with Crippen molar-refractivity contribution in [2.75, 3.05) is 4.90 Å². The van der Waals surface area contributed by atoms with Crippen molar-refractivity contribution in [2.45, 2.75) is 38.0 Å². The molecule has 0 aliphatic heterocycles. The minimum Gasteiger partial charge on any atom is -0.456 e. The molecule has 0 radical (unpaired) electrons. The number of hydrogen-bond donors (Lipinski definition) is 0. The van der Waals surface area contributed by atoms with Crippen molar-refractivity contribution in [3.63, 3.8) is 0 Å². The van der Waals surface area contributed by atoms with Crippen molar-refractivity contribution in [2.24, 2.45) is 0 Å². The zero-order valence-electron chi connectivity index (χ0n) is 33.6. The van der Waals surface area contributed by atoms with Crippen molar-refractivity contribution < 1.29 is 4.42 Å². The van der Waals surface area contributed by atoms with Crippen molar-refractivity contribution in [3.8, 4) is 44.5 Å². The van der Waals surface area contributed by atoms with Crippen molar-refractivity contribution in [3.05, 3.63) is 212 Å². The monoisotopic (exact) mass is 771 g/mol. The number of furan rings is 1. The van der Waals surface area contributed by atoms with Crippen LogP contribution in [0.1, 0.15) is 43.6 Å². The molecule has 2 heteroatoms. The van der Waals surface area contributed by atoms with E-state index in [0.29, 0.717) is 5.92 Å². The summed E-state index contributed by atoms with van der Waals surface area (Å²) < 4.78 is 6.51. The highest BCUT2D eigenvalue weighted by Gasteiger charge is 2.25. The van der Waals surface area contributed by atoms with Gasteiger partial charge < -0.3 is 9.32 Å². The van der Waals surface area contributed by atoms with Gasteiger partial charge in [-0.25, -0.2) is 0 Å². The normalized spacial score (nSPS) is 13.3. The van der Waals surface area contributed by atoms with E-state index in [4.69, 9.17) is 4.42 Å². The van der Waals surface area contributed by atoms with Crippen LogP contribution >= 0.6 is 0 Å². The fourth-order valence-electron chi connectivity index (χ4n) is 9.85. The third-order valence-corrected chi connectivity index (χ3v) is 12.7. The minimum atomic E-state index is 0.578. The van der Waals surface area contributed by atoms with Crippen LogP contribution in [0.5, 0.6) is 0 Å². The fraction of sp³-hybridized carbons (Fsp3) is 0.103. The molecule has 1 heterocycles. The van der Waals surface area contributed by atoms with E-state index in [1.807, 2.05) is 0 Å². The lowest BCUT2D eigenvalue weighted by atomic mass is 9.80. The van der Waals surface area contributed by atoms with Gasteiger partial charge in [-0.05, 0) is 117 Å². The van der Waals surface area contributed by atoms with Gasteiger partial charge in [-0.15, -0.1) is 0 Å². The van der Waals surface area contributed by atoms with Gasteiger partial charge >= 0.3 is 0 Å². The molecule has 9 aromatic carbocycles. The first-order valence-corrected chi connectivity index (χ1v) is 21.5. The summed E-state index contributed by atoms with van der Waals surface area (Å²) in [6.45, 7) is 0. The molecule has 60 heavy (non-hydrogen) atoms. The topological polar surface area (TPSA) is 16.4 Å². The van der Waals surface area contributed by atoms with Gasteiger partial charge in [0.15, 0.2) is 0 Å². The van der Waals surface area contributed by atoms with Gasteiger partial charge in [0.05, 0.1) is 16.8 Å². The predicted molar refractivity (Wildman–Crippen MR) is 253 cm³/mol. The van der Waals surface area contributed by atoms with E-state index >= 15 is 0 Å². The molecule has 1 aliphatic carbocycles. The molecule has 0 N–H and O–H groups in total. The maximum atomic E-state index is 6.51. The van der Waals surface area contributed by atoms with Gasteiger partial charge in [-0.3, -0.25) is 0 Å². The molecule has 0 amide bonds. The Morgan fingerprint density at radius 1 is 0.383 bits per heavy atom. The number of fused-ring (bicyclic) bond motifs is 4. The molecule has 1 aromatic heterocycles. The molecule has 0 bridgehead atoms. The van der Waals surface area contributed by atoms with Gasteiger partial charge in [-0.2, -0.15) is 0 Å². The zero-order chi connectivity index (χ0) is 39.8. The van der Waals surface area contributed by atoms with Crippen molar-refractivity contribution >= 4 is 49.8 Å². The van der Waals surface area contributed by atoms with Crippen LogP contribution in [0.4, 0.5) is 17.1 Å². The van der Waals surface area contributed by atoms with E-state index in [9.17, 15) is 0 Å². The Bertz CT molecular complexity index is 3110. The summed E-state index contributed by atoms with van der Waals surface area (Å²) in [5, 5.41) is 4.91. The Balaban J connectivity index is 1.09. The average molecular weight is 772 g/mol. The smallest absolute Gasteiger partial charge is 0.137 e. The lowest BCUT2D eigenvalue weighted by Gasteiger charge is -2.29. The first kappa shape index (κ1) is 36.0. The van der Waals surface area contributed by atoms with E-state index in [0.717, 1.165) is 39.0 Å². The number of anilines is 3. The summed E-state index contributed by atoms with van der Waals surface area (Å²) in [4.78, 5) is 2.46. The largest absolute Gasteiger partial charge is 0.456 e. The average Bonchev–Trinajstić information content (AvgIpc) is 3.72. The van der Waals surface area contributed by atoms with Gasteiger partial charge in [0.2, 0.25) is 0 Å². The van der Waals surface area contributed by atoms with E-state index in [2.05, 4.69) is 211 Å². The van der Waals surface area contributed by atoms with Crippen LogP contribution in [-0.2, 0) is 0 Å². The van der Waals surface area contributed by atoms with Crippen molar-refractivity contribution in [1.82, 2.24) is 0 Å². The van der Waals surface area contributed by atoms with Crippen LogP contribution in [0.15, 0.2) is 211 Å². The van der Waals surface area contributed by atoms with E-state index in [1.54, 1.807) is 0 Å². The Labute approximate surface area is 352 Å². The van der Waals surface area contributed by atoms with E-state index in [1.165, 1.54) is 92.9 Å². The second kappa shape index (κ2) is 15.5. The molecule has 1 fully saturated rings. The first-order chi connectivity index (χ1) is 29.8. The molecule has 0 saturated heterocycles. The molecular formula is C58H45NO. The highest BCUT2D eigenvalue weighted by Crippen LogP contribution is 2.48. The van der Waals surface area contributed by atoms with Crippen LogP contribution in [0, 0.1) is 0 Å². The standard InChI is InChI=1S/C58H45NO/c1-4-17-41(18-5-1)47-38-35-45(39-52(47)43-21-8-3-9-22-43)40-33-36-46(37-34-40)59(54-30-16-32-56-58(54)51-26-11-13-31-55(51)60-56)53-29-12-10-25-49(53)50-28-15-24-44-23-14-27-48(57(44)50)42-19-6-2-7-20-42/h1,3-5,8-18,21-39,42H,2,6-7,19-20H2. The SMILES string of the molecule is c1ccc(-c2ccc(-c3ccc(N(c4ccccc4-c4cccc5cccc(C6CCCCC6)c45)c4cccc5oc6ccccc6c45)cc3)cc2-c2ccccc2)cc1. The Hall–Kier alpha value is -7.16. The number of hydrogen-bond acceptors (Lipinski definition) is 2. The van der Waals surface area contributed by atoms with Gasteiger partial charge in [0.25, 0.3) is 0 Å². The third kappa shape index (κ3) is 6.46. The molecule has 0 spiro atoms. The van der Waals surface area contributed by atoms with Gasteiger partial charge in [-0.1, -0.05) is 183 Å². The summed E-state index contributed by atoms with van der Waals surface area (Å²) in [5.74, 6) is 0.578. The third-order valence-electron chi connectivity index (χ3n) is 12.7. The van der Waals surface area contributed by atoms with Gasteiger partial charge in [0, 0.05) is 16.6 Å². The quantitative estimate of drug-likeness (QED) is 0.153. The van der Waals surface area contributed by atoms with E-state index < -0.39 is 0 Å². The Morgan fingerprint density at radius 2 is 1.00 bits per heavy atom. The highest BCUT2D eigenvalue weighted by molar-refractivity contribution is 6.14. The van der Waals surface area contributed by atoms with Crippen LogP contribution in [0.25, 0.3) is 77.2 Å². The first-order valence-electron chi connectivity index (χ1n) is 21.5. The summed E-state index contributed by atoms with van der Waals surface area (Å²) >= 11 is 0. The van der Waals surface area contributed by atoms with Crippen LogP contribution in [0.2, 0.25) is 0 Å². The maximum absolute atomic E-state index is 6.51. The molecule has 10 aromatic rings. The second-order valence-corrected chi connectivity index (χ2v) is 16.2. The highest BCUT2D eigenvalue weighted by atomic mass is 16.3. The number of nitrogens with zero attached hydrogens (tertiary/aromatic N) is 1. The Kier molecular flexibility index (Phi) is 9.32. The second-order valence-electron chi connectivity index (χ2n) is 16.2. The summed E-state index contributed by atoms with van der Waals surface area (Å²) in [5.41, 5.74) is 16.3.